The van der Waals surface area contributed by atoms with E-state index >= 15 is 0 Å². The van der Waals surface area contributed by atoms with Crippen LogP contribution >= 0.6 is 23.4 Å². The molecule has 1 aromatic heterocycles. The number of unbranched alkanes of at least 4 members (excludes halogenated alkanes) is 2. The summed E-state index contributed by atoms with van der Waals surface area (Å²) in [6, 6.07) is 8.87. The van der Waals surface area contributed by atoms with Gasteiger partial charge in [-0.3, -0.25) is 9.59 Å². The van der Waals surface area contributed by atoms with Gasteiger partial charge >= 0.3 is 0 Å². The van der Waals surface area contributed by atoms with E-state index in [0.717, 1.165) is 25.0 Å². The van der Waals surface area contributed by atoms with Crippen LogP contribution in [0.5, 0.6) is 5.75 Å². The summed E-state index contributed by atoms with van der Waals surface area (Å²) in [6.45, 7) is 6.65. The summed E-state index contributed by atoms with van der Waals surface area (Å²) in [5.41, 5.74) is 0.637. The lowest BCUT2D eigenvalue weighted by atomic mass is 10.1. The Morgan fingerprint density at radius 2 is 1.97 bits per heavy atom. The van der Waals surface area contributed by atoms with E-state index in [0.29, 0.717) is 47.9 Å². The molecule has 2 aromatic rings. The normalized spacial score (nSPS) is 15.8. The van der Waals surface area contributed by atoms with Crippen LogP contribution in [0.15, 0.2) is 35.5 Å². The predicted molar refractivity (Wildman–Crippen MR) is 136 cm³/mol. The lowest BCUT2D eigenvalue weighted by Crippen LogP contribution is -2.54. The quantitative estimate of drug-likeness (QED) is 0.227. The number of piperazine rings is 1. The largest absolute Gasteiger partial charge is 0.497 e. The van der Waals surface area contributed by atoms with E-state index in [1.807, 2.05) is 11.8 Å². The van der Waals surface area contributed by atoms with Crippen molar-refractivity contribution in [2.75, 3.05) is 43.9 Å². The number of ether oxygens (including phenoxy) is 1. The number of thioether (sulfide) groups is 1. The summed E-state index contributed by atoms with van der Waals surface area (Å²) >= 11 is 7.53. The highest BCUT2D eigenvalue weighted by Gasteiger charge is 2.29. The van der Waals surface area contributed by atoms with Gasteiger partial charge in [0.05, 0.1) is 12.9 Å². The maximum Gasteiger partial charge on any atom is 0.254 e. The van der Waals surface area contributed by atoms with Crippen LogP contribution in [0.25, 0.3) is 0 Å². The summed E-state index contributed by atoms with van der Waals surface area (Å²) in [4.78, 5) is 37.9. The smallest absolute Gasteiger partial charge is 0.254 e. The molecule has 34 heavy (non-hydrogen) atoms. The molecule has 10 heteroatoms. The minimum absolute atomic E-state index is 0.00304. The molecule has 3 rings (SSSR count). The van der Waals surface area contributed by atoms with Gasteiger partial charge in [0.15, 0.2) is 5.16 Å². The number of amides is 2. The molecule has 0 radical (unpaired) electrons. The minimum atomic E-state index is -0.0366. The van der Waals surface area contributed by atoms with Crippen LogP contribution < -0.4 is 15.0 Å². The summed E-state index contributed by atoms with van der Waals surface area (Å²) in [5, 5.41) is 3.72. The number of carbonyl (C=O) groups excluding carboxylic acids is 2. The molecule has 1 aliphatic heterocycles. The van der Waals surface area contributed by atoms with Crippen molar-refractivity contribution in [3.63, 3.8) is 0 Å². The fraction of sp³-hybridized carbons (Fsp3) is 0.500. The molecule has 1 saturated heterocycles. The van der Waals surface area contributed by atoms with Gasteiger partial charge in [0.25, 0.3) is 5.91 Å². The van der Waals surface area contributed by atoms with E-state index in [1.165, 1.54) is 11.8 Å². The molecule has 0 spiro atoms. The first-order valence-electron chi connectivity index (χ1n) is 11.5. The molecule has 0 saturated carbocycles. The van der Waals surface area contributed by atoms with Crippen LogP contribution in [0.2, 0.25) is 5.15 Å². The highest BCUT2D eigenvalue weighted by atomic mass is 35.5. The molecule has 1 N–H and O–H groups in total. The lowest BCUT2D eigenvalue weighted by Gasteiger charge is -2.40. The Balaban J connectivity index is 1.57. The van der Waals surface area contributed by atoms with Gasteiger partial charge in [-0.2, -0.15) is 0 Å². The SMILES string of the molecule is CCCCCNC(=O)CSc1nc(Cl)cc(N2CCN(C(=O)c3ccc(OC)cc3)C(C)C2)n1. The van der Waals surface area contributed by atoms with Crippen LogP contribution in [0.4, 0.5) is 5.82 Å². The second-order valence-corrected chi connectivity index (χ2v) is 9.53. The Hall–Kier alpha value is -2.52. The number of methoxy groups -OCH3 is 1. The van der Waals surface area contributed by atoms with Gasteiger partial charge in [-0.15, -0.1) is 0 Å². The number of hydrogen-bond donors (Lipinski definition) is 1. The van der Waals surface area contributed by atoms with Crippen LogP contribution in [0.3, 0.4) is 0 Å². The number of nitrogens with one attached hydrogen (secondary N) is 1. The van der Waals surface area contributed by atoms with Crippen molar-refractivity contribution in [1.29, 1.82) is 0 Å². The van der Waals surface area contributed by atoms with E-state index in [2.05, 4.69) is 27.1 Å². The van der Waals surface area contributed by atoms with Crippen molar-refractivity contribution in [3.05, 3.63) is 41.0 Å². The second kappa shape index (κ2) is 12.8. The Bertz CT molecular complexity index is 976. The Morgan fingerprint density at radius 3 is 2.65 bits per heavy atom. The predicted octanol–water partition coefficient (Wildman–Crippen LogP) is 3.89. The number of anilines is 1. The third-order valence-electron chi connectivity index (χ3n) is 5.65. The molecule has 2 heterocycles. The van der Waals surface area contributed by atoms with Crippen molar-refractivity contribution in [1.82, 2.24) is 20.2 Å². The van der Waals surface area contributed by atoms with Gasteiger partial charge < -0.3 is 19.9 Å². The van der Waals surface area contributed by atoms with Gasteiger partial charge in [-0.1, -0.05) is 43.1 Å². The summed E-state index contributed by atoms with van der Waals surface area (Å²) in [5.74, 6) is 1.63. The Labute approximate surface area is 210 Å². The first-order valence-corrected chi connectivity index (χ1v) is 12.9. The molecule has 1 unspecified atom stereocenters. The summed E-state index contributed by atoms with van der Waals surface area (Å²) < 4.78 is 5.18. The van der Waals surface area contributed by atoms with E-state index in [1.54, 1.807) is 37.4 Å². The number of carbonyl (C=O) groups is 2. The molecule has 1 aliphatic rings. The Kier molecular flexibility index (Phi) is 9.83. The molecule has 8 nitrogen and oxygen atoms in total. The third kappa shape index (κ3) is 7.24. The van der Waals surface area contributed by atoms with Crippen molar-refractivity contribution in [2.45, 2.75) is 44.3 Å². The molecule has 1 aromatic carbocycles. The monoisotopic (exact) mass is 505 g/mol. The topological polar surface area (TPSA) is 87.7 Å². The zero-order chi connectivity index (χ0) is 24.5. The van der Waals surface area contributed by atoms with Crippen molar-refractivity contribution in [2.24, 2.45) is 0 Å². The highest BCUT2D eigenvalue weighted by molar-refractivity contribution is 7.99. The van der Waals surface area contributed by atoms with Crippen LogP contribution in [0.1, 0.15) is 43.5 Å². The number of halogens is 1. The van der Waals surface area contributed by atoms with E-state index < -0.39 is 0 Å². The van der Waals surface area contributed by atoms with Crippen LogP contribution in [-0.2, 0) is 4.79 Å². The van der Waals surface area contributed by atoms with Crippen molar-refractivity contribution < 1.29 is 14.3 Å². The van der Waals surface area contributed by atoms with Gasteiger partial charge in [0.2, 0.25) is 5.91 Å². The standard InChI is InChI=1S/C24H32ClN5O3S/c1-4-5-6-11-26-22(31)16-34-24-27-20(25)14-21(28-24)29-12-13-30(17(2)15-29)23(32)18-7-9-19(33-3)10-8-18/h7-10,14,17H,4-6,11-13,15-16H2,1-3H3,(H,26,31). The molecule has 1 atom stereocenters. The average Bonchev–Trinajstić information content (AvgIpc) is 2.84. The highest BCUT2D eigenvalue weighted by Crippen LogP contribution is 2.25. The molecule has 0 bridgehead atoms. The van der Waals surface area contributed by atoms with Gasteiger partial charge in [0.1, 0.15) is 16.7 Å². The number of nitrogens with zero attached hydrogens (tertiary/aromatic N) is 4. The van der Waals surface area contributed by atoms with Crippen LogP contribution in [-0.4, -0.2) is 71.8 Å². The fourth-order valence-corrected chi connectivity index (χ4v) is 4.67. The maximum atomic E-state index is 13.0. The third-order valence-corrected chi connectivity index (χ3v) is 6.69. The van der Waals surface area contributed by atoms with Crippen LogP contribution in [0, 0.1) is 0 Å². The lowest BCUT2D eigenvalue weighted by molar-refractivity contribution is -0.118. The molecule has 2 amide bonds. The molecule has 184 valence electrons. The first kappa shape index (κ1) is 26.1. The van der Waals surface area contributed by atoms with Gasteiger partial charge in [0, 0.05) is 43.9 Å². The fourth-order valence-electron chi connectivity index (χ4n) is 3.76. The molecule has 1 fully saturated rings. The number of aromatic nitrogens is 2. The van der Waals surface area contributed by atoms with E-state index in [4.69, 9.17) is 16.3 Å². The molecular formula is C24H32ClN5O3S. The number of benzene rings is 1. The minimum Gasteiger partial charge on any atom is -0.497 e. The van der Waals surface area contributed by atoms with Gasteiger partial charge in [-0.25, -0.2) is 9.97 Å². The maximum absolute atomic E-state index is 13.0. The summed E-state index contributed by atoms with van der Waals surface area (Å²) in [6.07, 6.45) is 3.20. The number of hydrogen-bond acceptors (Lipinski definition) is 7. The first-order chi connectivity index (χ1) is 16.4. The zero-order valence-corrected chi connectivity index (χ0v) is 21.5. The average molecular weight is 506 g/mol. The summed E-state index contributed by atoms with van der Waals surface area (Å²) in [7, 11) is 1.60. The number of rotatable bonds is 10. The molecule has 0 aliphatic carbocycles. The van der Waals surface area contributed by atoms with Gasteiger partial charge in [-0.05, 0) is 37.6 Å². The van der Waals surface area contributed by atoms with Crippen molar-refractivity contribution >= 4 is 41.0 Å². The molecular weight excluding hydrogens is 474 g/mol. The van der Waals surface area contributed by atoms with Crippen molar-refractivity contribution in [3.8, 4) is 5.75 Å². The zero-order valence-electron chi connectivity index (χ0n) is 19.9. The Morgan fingerprint density at radius 1 is 1.21 bits per heavy atom. The van der Waals surface area contributed by atoms with E-state index in [9.17, 15) is 9.59 Å². The second-order valence-electron chi connectivity index (χ2n) is 8.20. The van der Waals surface area contributed by atoms with E-state index in [-0.39, 0.29) is 23.6 Å².